The van der Waals surface area contributed by atoms with Gasteiger partial charge in [0.1, 0.15) is 23.3 Å². The van der Waals surface area contributed by atoms with Gasteiger partial charge in [-0.1, -0.05) is 33.1 Å². The van der Waals surface area contributed by atoms with Crippen molar-refractivity contribution in [1.29, 1.82) is 5.26 Å². The SMILES string of the molecule is CCC1CCC(C(C)CC2CCC(c3cc(F)c(C#N)c(F)c3)CC2)CC1. The third kappa shape index (κ3) is 4.89. The Morgan fingerprint density at radius 1 is 0.963 bits per heavy atom. The molecule has 27 heavy (non-hydrogen) atoms. The normalized spacial score (nSPS) is 29.9. The maximum absolute atomic E-state index is 13.9. The van der Waals surface area contributed by atoms with Crippen LogP contribution in [-0.2, 0) is 0 Å². The van der Waals surface area contributed by atoms with Gasteiger partial charge < -0.3 is 0 Å². The Morgan fingerprint density at radius 3 is 2.04 bits per heavy atom. The number of benzene rings is 1. The van der Waals surface area contributed by atoms with Crippen molar-refractivity contribution in [2.45, 2.75) is 84.0 Å². The second-order valence-corrected chi connectivity index (χ2v) is 9.09. The molecular formula is C24H33F2N. The summed E-state index contributed by atoms with van der Waals surface area (Å²) in [5, 5.41) is 8.83. The van der Waals surface area contributed by atoms with Gasteiger partial charge in [-0.25, -0.2) is 8.78 Å². The van der Waals surface area contributed by atoms with Crippen LogP contribution in [0.2, 0.25) is 0 Å². The van der Waals surface area contributed by atoms with E-state index in [1.165, 1.54) is 50.7 Å². The third-order valence-corrected chi connectivity index (χ3v) is 7.47. The molecule has 148 valence electrons. The molecule has 0 N–H and O–H groups in total. The number of halogens is 2. The highest BCUT2D eigenvalue weighted by molar-refractivity contribution is 5.36. The van der Waals surface area contributed by atoms with Gasteiger partial charge in [0, 0.05) is 0 Å². The van der Waals surface area contributed by atoms with E-state index in [2.05, 4.69) is 13.8 Å². The summed E-state index contributed by atoms with van der Waals surface area (Å²) in [4.78, 5) is 0. The zero-order valence-electron chi connectivity index (χ0n) is 16.8. The van der Waals surface area contributed by atoms with E-state index in [9.17, 15) is 8.78 Å². The van der Waals surface area contributed by atoms with E-state index in [-0.39, 0.29) is 5.92 Å². The molecule has 2 aliphatic rings. The van der Waals surface area contributed by atoms with Gasteiger partial charge in [0.25, 0.3) is 0 Å². The smallest absolute Gasteiger partial charge is 0.144 e. The molecule has 2 aliphatic carbocycles. The van der Waals surface area contributed by atoms with E-state index < -0.39 is 17.2 Å². The van der Waals surface area contributed by atoms with Gasteiger partial charge in [-0.15, -0.1) is 0 Å². The van der Waals surface area contributed by atoms with Crippen LogP contribution in [0.25, 0.3) is 0 Å². The molecule has 0 heterocycles. The van der Waals surface area contributed by atoms with Crippen molar-refractivity contribution < 1.29 is 8.78 Å². The summed E-state index contributed by atoms with van der Waals surface area (Å²) in [7, 11) is 0. The van der Waals surface area contributed by atoms with Crippen molar-refractivity contribution >= 4 is 0 Å². The van der Waals surface area contributed by atoms with Crippen LogP contribution in [0.3, 0.4) is 0 Å². The minimum Gasteiger partial charge on any atom is -0.205 e. The van der Waals surface area contributed by atoms with Crippen molar-refractivity contribution in [2.24, 2.45) is 23.7 Å². The van der Waals surface area contributed by atoms with Crippen LogP contribution >= 0.6 is 0 Å². The van der Waals surface area contributed by atoms with Crippen molar-refractivity contribution in [3.8, 4) is 6.07 Å². The highest BCUT2D eigenvalue weighted by atomic mass is 19.1. The fourth-order valence-electron chi connectivity index (χ4n) is 5.55. The lowest BCUT2D eigenvalue weighted by molar-refractivity contribution is 0.172. The van der Waals surface area contributed by atoms with Crippen LogP contribution in [0.4, 0.5) is 8.78 Å². The molecule has 3 rings (SSSR count). The molecule has 2 saturated carbocycles. The number of hydrogen-bond acceptors (Lipinski definition) is 1. The van der Waals surface area contributed by atoms with E-state index in [4.69, 9.17) is 5.26 Å². The summed E-state index contributed by atoms with van der Waals surface area (Å²) >= 11 is 0. The molecule has 1 unspecified atom stereocenters. The average Bonchev–Trinajstić information content (AvgIpc) is 2.68. The van der Waals surface area contributed by atoms with Crippen molar-refractivity contribution in [3.05, 3.63) is 34.9 Å². The van der Waals surface area contributed by atoms with Gasteiger partial charge in [-0.3, -0.25) is 0 Å². The fraction of sp³-hybridized carbons (Fsp3) is 0.708. The van der Waals surface area contributed by atoms with Crippen LogP contribution < -0.4 is 0 Å². The molecule has 0 radical (unpaired) electrons. The lowest BCUT2D eigenvalue weighted by Crippen LogP contribution is -2.23. The molecule has 2 fully saturated rings. The van der Waals surface area contributed by atoms with E-state index in [0.717, 1.165) is 54.9 Å². The first-order valence-electron chi connectivity index (χ1n) is 10.9. The second-order valence-electron chi connectivity index (χ2n) is 9.09. The highest BCUT2D eigenvalue weighted by Gasteiger charge is 2.29. The van der Waals surface area contributed by atoms with Crippen LogP contribution in [-0.4, -0.2) is 0 Å². The maximum atomic E-state index is 13.9. The van der Waals surface area contributed by atoms with Gasteiger partial charge >= 0.3 is 0 Å². The zero-order chi connectivity index (χ0) is 19.4. The quantitative estimate of drug-likeness (QED) is 0.529. The van der Waals surface area contributed by atoms with Gasteiger partial charge in [-0.05, 0) is 92.2 Å². The second kappa shape index (κ2) is 9.18. The Hall–Kier alpha value is -1.43. The van der Waals surface area contributed by atoms with Gasteiger partial charge in [-0.2, -0.15) is 5.26 Å². The Bertz CT molecular complexity index is 638. The predicted molar refractivity (Wildman–Crippen MR) is 105 cm³/mol. The Balaban J connectivity index is 1.50. The van der Waals surface area contributed by atoms with Gasteiger partial charge in [0.05, 0.1) is 0 Å². The molecule has 1 aromatic rings. The van der Waals surface area contributed by atoms with Crippen LogP contribution in [0.15, 0.2) is 12.1 Å². The minimum absolute atomic E-state index is 0.230. The third-order valence-electron chi connectivity index (χ3n) is 7.47. The van der Waals surface area contributed by atoms with Crippen LogP contribution in [0.5, 0.6) is 0 Å². The van der Waals surface area contributed by atoms with Gasteiger partial charge in [0.2, 0.25) is 0 Å². The van der Waals surface area contributed by atoms with Gasteiger partial charge in [0.15, 0.2) is 0 Å². The first kappa shape index (κ1) is 20.3. The molecule has 1 aromatic carbocycles. The number of nitrogens with zero attached hydrogens (tertiary/aromatic N) is 1. The van der Waals surface area contributed by atoms with E-state index in [1.807, 2.05) is 0 Å². The molecule has 3 heteroatoms. The lowest BCUT2D eigenvalue weighted by atomic mass is 9.70. The molecular weight excluding hydrogens is 340 g/mol. The molecule has 1 atom stereocenters. The van der Waals surface area contributed by atoms with Crippen LogP contribution in [0, 0.1) is 46.6 Å². The number of nitriles is 1. The number of rotatable bonds is 5. The molecule has 0 saturated heterocycles. The number of hydrogen-bond donors (Lipinski definition) is 0. The molecule has 1 nitrogen and oxygen atoms in total. The summed E-state index contributed by atoms with van der Waals surface area (Å²) in [6, 6.07) is 4.36. The lowest BCUT2D eigenvalue weighted by Gasteiger charge is -2.35. The summed E-state index contributed by atoms with van der Waals surface area (Å²) in [5.41, 5.74) is 0.271. The molecule has 0 bridgehead atoms. The summed E-state index contributed by atoms with van der Waals surface area (Å²) in [6.07, 6.45) is 12.6. The Labute approximate surface area is 163 Å². The summed E-state index contributed by atoms with van der Waals surface area (Å²) < 4.78 is 27.8. The largest absolute Gasteiger partial charge is 0.205 e. The topological polar surface area (TPSA) is 23.8 Å². The molecule has 0 aromatic heterocycles. The van der Waals surface area contributed by atoms with Crippen molar-refractivity contribution in [3.63, 3.8) is 0 Å². The Kier molecular flexibility index (Phi) is 6.90. The van der Waals surface area contributed by atoms with E-state index in [0.29, 0.717) is 0 Å². The summed E-state index contributed by atoms with van der Waals surface area (Å²) in [6.45, 7) is 4.76. The fourth-order valence-corrected chi connectivity index (χ4v) is 5.55. The van der Waals surface area contributed by atoms with Crippen molar-refractivity contribution in [1.82, 2.24) is 0 Å². The summed E-state index contributed by atoms with van der Waals surface area (Å²) in [5.74, 6) is 2.21. The monoisotopic (exact) mass is 373 g/mol. The predicted octanol–water partition coefficient (Wildman–Crippen LogP) is 7.35. The standard InChI is InChI=1S/C24H33F2N/c1-3-17-4-8-19(9-5-17)16(2)12-18-6-10-20(11-7-18)21-13-23(25)22(15-27)24(26)14-21/h13-14,16-20H,3-12H2,1-2H3. The molecule has 0 aliphatic heterocycles. The molecule has 0 spiro atoms. The van der Waals surface area contributed by atoms with E-state index in [1.54, 1.807) is 6.07 Å². The molecule has 0 amide bonds. The maximum Gasteiger partial charge on any atom is 0.144 e. The highest BCUT2D eigenvalue weighted by Crippen LogP contribution is 2.42. The Morgan fingerprint density at radius 2 is 1.52 bits per heavy atom. The zero-order valence-corrected chi connectivity index (χ0v) is 16.8. The minimum atomic E-state index is -0.717. The average molecular weight is 374 g/mol. The van der Waals surface area contributed by atoms with E-state index >= 15 is 0 Å². The first-order valence-corrected chi connectivity index (χ1v) is 10.9. The van der Waals surface area contributed by atoms with Crippen LogP contribution in [0.1, 0.15) is 95.1 Å². The first-order chi connectivity index (χ1) is 13.0. The van der Waals surface area contributed by atoms with Crippen molar-refractivity contribution in [2.75, 3.05) is 0 Å².